The Hall–Kier alpha value is -2.88. The number of phenols is 1. The maximum atomic E-state index is 9.32. The standard InChI is InChI=1S/C16H11N3O/c20-11-7-5-10(6-8-11)15-17-9-13-12-3-1-2-4-14(12)18-16(13)19-15/h1-9,20H,(H,17,18,19). The van der Waals surface area contributed by atoms with Crippen LogP contribution in [0.3, 0.4) is 0 Å². The average molecular weight is 261 g/mol. The Morgan fingerprint density at radius 3 is 2.55 bits per heavy atom. The molecular formula is C16H11N3O. The summed E-state index contributed by atoms with van der Waals surface area (Å²) < 4.78 is 0. The smallest absolute Gasteiger partial charge is 0.161 e. The van der Waals surface area contributed by atoms with Crippen LogP contribution in [0.4, 0.5) is 0 Å². The maximum absolute atomic E-state index is 9.32. The number of aromatic nitrogens is 3. The SMILES string of the molecule is Oc1ccc(-c2ncc3c(n2)[nH]c2ccccc23)cc1. The third-order valence-corrected chi connectivity index (χ3v) is 3.38. The third-order valence-electron chi connectivity index (χ3n) is 3.38. The van der Waals surface area contributed by atoms with Crippen LogP contribution in [0.25, 0.3) is 33.3 Å². The lowest BCUT2D eigenvalue weighted by Crippen LogP contribution is -1.88. The number of H-pyrrole nitrogens is 1. The lowest BCUT2D eigenvalue weighted by atomic mass is 10.2. The van der Waals surface area contributed by atoms with Crippen molar-refractivity contribution in [2.45, 2.75) is 0 Å². The number of phenolic OH excluding ortho intramolecular Hbond substituents is 1. The number of hydrogen-bond donors (Lipinski definition) is 2. The number of aromatic hydroxyl groups is 1. The molecule has 0 spiro atoms. The highest BCUT2D eigenvalue weighted by molar-refractivity contribution is 6.05. The number of para-hydroxylation sites is 1. The molecule has 2 heterocycles. The summed E-state index contributed by atoms with van der Waals surface area (Å²) in [6.45, 7) is 0. The second-order valence-corrected chi connectivity index (χ2v) is 4.67. The molecule has 20 heavy (non-hydrogen) atoms. The summed E-state index contributed by atoms with van der Waals surface area (Å²) in [6, 6.07) is 14.9. The van der Waals surface area contributed by atoms with E-state index >= 15 is 0 Å². The van der Waals surface area contributed by atoms with Gasteiger partial charge in [0, 0.05) is 28.0 Å². The van der Waals surface area contributed by atoms with Crippen molar-refractivity contribution < 1.29 is 5.11 Å². The van der Waals surface area contributed by atoms with Gasteiger partial charge < -0.3 is 10.1 Å². The molecule has 0 bridgehead atoms. The van der Waals surface area contributed by atoms with Gasteiger partial charge in [0.25, 0.3) is 0 Å². The van der Waals surface area contributed by atoms with Crippen molar-refractivity contribution in [1.29, 1.82) is 0 Å². The van der Waals surface area contributed by atoms with Crippen LogP contribution in [-0.4, -0.2) is 20.1 Å². The second-order valence-electron chi connectivity index (χ2n) is 4.67. The highest BCUT2D eigenvalue weighted by Gasteiger charge is 2.08. The summed E-state index contributed by atoms with van der Waals surface area (Å²) in [6.07, 6.45) is 1.84. The Kier molecular flexibility index (Phi) is 2.23. The van der Waals surface area contributed by atoms with Crippen LogP contribution < -0.4 is 0 Å². The van der Waals surface area contributed by atoms with Gasteiger partial charge in [0.1, 0.15) is 11.4 Å². The highest BCUT2D eigenvalue weighted by Crippen LogP contribution is 2.25. The Morgan fingerprint density at radius 1 is 0.900 bits per heavy atom. The summed E-state index contributed by atoms with van der Waals surface area (Å²) in [7, 11) is 0. The number of nitrogens with one attached hydrogen (secondary N) is 1. The van der Waals surface area contributed by atoms with Gasteiger partial charge in [-0.1, -0.05) is 18.2 Å². The predicted molar refractivity (Wildman–Crippen MR) is 78.5 cm³/mol. The Balaban J connectivity index is 1.94. The number of nitrogens with zero attached hydrogens (tertiary/aromatic N) is 2. The van der Waals surface area contributed by atoms with Gasteiger partial charge in [-0.25, -0.2) is 9.97 Å². The van der Waals surface area contributed by atoms with E-state index in [9.17, 15) is 5.11 Å². The lowest BCUT2D eigenvalue weighted by molar-refractivity contribution is 0.475. The van der Waals surface area contributed by atoms with Crippen LogP contribution in [0.15, 0.2) is 54.7 Å². The van der Waals surface area contributed by atoms with Crippen molar-refractivity contribution in [1.82, 2.24) is 15.0 Å². The molecule has 0 saturated heterocycles. The van der Waals surface area contributed by atoms with E-state index in [1.165, 1.54) is 0 Å². The Bertz CT molecular complexity index is 910. The molecule has 2 aromatic carbocycles. The first-order chi connectivity index (χ1) is 9.81. The van der Waals surface area contributed by atoms with Gasteiger partial charge in [-0.2, -0.15) is 0 Å². The van der Waals surface area contributed by atoms with Crippen molar-refractivity contribution in [3.8, 4) is 17.1 Å². The molecule has 0 aliphatic heterocycles. The minimum Gasteiger partial charge on any atom is -0.508 e. The van der Waals surface area contributed by atoms with Crippen molar-refractivity contribution >= 4 is 21.9 Å². The third kappa shape index (κ3) is 1.62. The van der Waals surface area contributed by atoms with E-state index in [4.69, 9.17) is 0 Å². The number of benzene rings is 2. The first-order valence-electron chi connectivity index (χ1n) is 6.34. The molecule has 0 unspecified atom stereocenters. The molecule has 2 aromatic heterocycles. The van der Waals surface area contributed by atoms with Crippen LogP contribution in [0.5, 0.6) is 5.75 Å². The van der Waals surface area contributed by atoms with E-state index in [-0.39, 0.29) is 5.75 Å². The average Bonchev–Trinajstić information content (AvgIpc) is 2.85. The largest absolute Gasteiger partial charge is 0.508 e. The second kappa shape index (κ2) is 4.06. The monoisotopic (exact) mass is 261 g/mol. The van der Waals surface area contributed by atoms with E-state index in [0.717, 1.165) is 27.5 Å². The fraction of sp³-hybridized carbons (Fsp3) is 0. The molecule has 0 atom stereocenters. The van der Waals surface area contributed by atoms with Crippen LogP contribution in [-0.2, 0) is 0 Å². The number of fused-ring (bicyclic) bond motifs is 3. The van der Waals surface area contributed by atoms with Gasteiger partial charge >= 0.3 is 0 Å². The molecule has 4 heteroatoms. The molecule has 96 valence electrons. The zero-order chi connectivity index (χ0) is 13.5. The van der Waals surface area contributed by atoms with Gasteiger partial charge in [-0.05, 0) is 30.3 Å². The van der Waals surface area contributed by atoms with Crippen LogP contribution in [0, 0.1) is 0 Å². The van der Waals surface area contributed by atoms with Gasteiger partial charge in [0.2, 0.25) is 0 Å². The van der Waals surface area contributed by atoms with E-state index < -0.39 is 0 Å². The molecule has 0 saturated carbocycles. The summed E-state index contributed by atoms with van der Waals surface area (Å²) in [4.78, 5) is 12.3. The van der Waals surface area contributed by atoms with Gasteiger partial charge in [-0.3, -0.25) is 0 Å². The molecule has 0 aliphatic carbocycles. The van der Waals surface area contributed by atoms with E-state index in [2.05, 4.69) is 21.0 Å². The zero-order valence-corrected chi connectivity index (χ0v) is 10.5. The first kappa shape index (κ1) is 11.0. The fourth-order valence-electron chi connectivity index (χ4n) is 2.38. The van der Waals surface area contributed by atoms with Gasteiger partial charge in [0.05, 0.1) is 0 Å². The minimum atomic E-state index is 0.237. The fourth-order valence-corrected chi connectivity index (χ4v) is 2.38. The van der Waals surface area contributed by atoms with Gasteiger partial charge in [0.15, 0.2) is 5.82 Å². The zero-order valence-electron chi connectivity index (χ0n) is 10.5. The molecular weight excluding hydrogens is 250 g/mol. The summed E-state index contributed by atoms with van der Waals surface area (Å²) >= 11 is 0. The van der Waals surface area contributed by atoms with Crippen molar-refractivity contribution in [3.63, 3.8) is 0 Å². The van der Waals surface area contributed by atoms with Gasteiger partial charge in [-0.15, -0.1) is 0 Å². The molecule has 0 fully saturated rings. The summed E-state index contributed by atoms with van der Waals surface area (Å²) in [5, 5.41) is 11.5. The normalized spacial score (nSPS) is 11.2. The summed E-state index contributed by atoms with van der Waals surface area (Å²) in [5.41, 5.74) is 2.76. The van der Waals surface area contributed by atoms with Crippen molar-refractivity contribution in [2.75, 3.05) is 0 Å². The van der Waals surface area contributed by atoms with Crippen molar-refractivity contribution in [3.05, 3.63) is 54.7 Å². The molecule has 4 rings (SSSR count). The Morgan fingerprint density at radius 2 is 1.70 bits per heavy atom. The predicted octanol–water partition coefficient (Wildman–Crippen LogP) is 3.48. The topological polar surface area (TPSA) is 61.8 Å². The number of hydrogen-bond acceptors (Lipinski definition) is 3. The van der Waals surface area contributed by atoms with E-state index in [0.29, 0.717) is 5.82 Å². The maximum Gasteiger partial charge on any atom is 0.161 e. The van der Waals surface area contributed by atoms with Crippen molar-refractivity contribution in [2.24, 2.45) is 0 Å². The molecule has 4 nitrogen and oxygen atoms in total. The number of rotatable bonds is 1. The van der Waals surface area contributed by atoms with Crippen LogP contribution in [0.2, 0.25) is 0 Å². The molecule has 0 aliphatic rings. The lowest BCUT2D eigenvalue weighted by Gasteiger charge is -2.00. The molecule has 2 N–H and O–H groups in total. The van der Waals surface area contributed by atoms with E-state index in [1.54, 1.807) is 24.3 Å². The molecule has 0 radical (unpaired) electrons. The highest BCUT2D eigenvalue weighted by atomic mass is 16.3. The first-order valence-corrected chi connectivity index (χ1v) is 6.34. The van der Waals surface area contributed by atoms with E-state index in [1.807, 2.05) is 24.4 Å². The quantitative estimate of drug-likeness (QED) is 0.551. The molecule has 0 amide bonds. The number of aromatic amines is 1. The molecule has 4 aromatic rings. The van der Waals surface area contributed by atoms with Crippen LogP contribution in [0.1, 0.15) is 0 Å². The van der Waals surface area contributed by atoms with Crippen LogP contribution >= 0.6 is 0 Å². The summed E-state index contributed by atoms with van der Waals surface area (Å²) in [5.74, 6) is 0.879. The Labute approximate surface area is 114 Å². The minimum absolute atomic E-state index is 0.237.